The summed E-state index contributed by atoms with van der Waals surface area (Å²) in [5, 5.41) is 9.67. The third-order valence-corrected chi connectivity index (χ3v) is 11.9. The number of nitriles is 1. The van der Waals surface area contributed by atoms with Crippen LogP contribution >= 0.6 is 0 Å². The lowest BCUT2D eigenvalue weighted by molar-refractivity contribution is -0.202. The molecule has 5 saturated carbocycles. The van der Waals surface area contributed by atoms with Crippen LogP contribution in [0.4, 0.5) is 0 Å². The second kappa shape index (κ2) is 7.65. The molecule has 5 aliphatic rings. The first kappa shape index (κ1) is 24.0. The zero-order valence-corrected chi connectivity index (χ0v) is 21.6. The van der Waals surface area contributed by atoms with Crippen LogP contribution in [0.3, 0.4) is 0 Å². The fourth-order valence-corrected chi connectivity index (χ4v) is 10.0. The van der Waals surface area contributed by atoms with Crippen LogP contribution < -0.4 is 0 Å². The molecule has 186 valence electrons. The number of methoxy groups -OCH3 is 1. The lowest BCUT2D eigenvalue weighted by Gasteiger charge is -2.67. The molecule has 5 nitrogen and oxygen atoms in total. The number of fused-ring (bicyclic) bond motifs is 7. The van der Waals surface area contributed by atoms with Crippen LogP contribution in [0.1, 0.15) is 91.9 Å². The molecule has 5 heteroatoms. The van der Waals surface area contributed by atoms with Gasteiger partial charge in [0.1, 0.15) is 17.5 Å². The van der Waals surface area contributed by atoms with Crippen LogP contribution in [0.15, 0.2) is 0 Å². The van der Waals surface area contributed by atoms with Crippen molar-refractivity contribution in [3.63, 3.8) is 0 Å². The Labute approximate surface area is 204 Å². The maximum absolute atomic E-state index is 14.1. The molecule has 0 heterocycles. The van der Waals surface area contributed by atoms with Crippen molar-refractivity contribution in [2.75, 3.05) is 7.11 Å². The number of ether oxygens (including phenoxy) is 1. The second-order valence-corrected chi connectivity index (χ2v) is 13.8. The molecule has 0 amide bonds. The minimum absolute atomic E-state index is 0.00803. The number of esters is 1. The summed E-state index contributed by atoms with van der Waals surface area (Å²) < 4.78 is 5.37. The Bertz CT molecular complexity index is 964. The summed E-state index contributed by atoms with van der Waals surface area (Å²) in [6.45, 7) is 9.24. The van der Waals surface area contributed by atoms with E-state index in [1.165, 1.54) is 7.11 Å². The summed E-state index contributed by atoms with van der Waals surface area (Å²) in [5.41, 5.74) is -0.539. The molecule has 5 fully saturated rings. The Hall–Kier alpha value is -1.70. The molecule has 0 aromatic rings. The van der Waals surface area contributed by atoms with E-state index in [-0.39, 0.29) is 57.6 Å². The Morgan fingerprint density at radius 2 is 1.65 bits per heavy atom. The maximum atomic E-state index is 14.1. The maximum Gasteiger partial charge on any atom is 0.312 e. The number of Topliss-reactive ketones (excluding diaryl/α,β-unsaturated/α-hetero) is 2. The highest BCUT2D eigenvalue weighted by Gasteiger charge is 2.68. The summed E-state index contributed by atoms with van der Waals surface area (Å²) in [7, 11) is 1.50. The van der Waals surface area contributed by atoms with Gasteiger partial charge in [-0.1, -0.05) is 27.7 Å². The Kier molecular flexibility index (Phi) is 5.40. The molecule has 0 radical (unpaired) electrons. The van der Waals surface area contributed by atoms with Crippen molar-refractivity contribution in [1.82, 2.24) is 0 Å². The largest absolute Gasteiger partial charge is 0.469 e. The molecule has 5 aliphatic carbocycles. The zero-order valence-electron chi connectivity index (χ0n) is 21.6. The molecule has 0 spiro atoms. The van der Waals surface area contributed by atoms with Gasteiger partial charge in [0.25, 0.3) is 0 Å². The molecule has 9 atom stereocenters. The van der Waals surface area contributed by atoms with Crippen molar-refractivity contribution in [1.29, 1.82) is 5.26 Å². The quantitative estimate of drug-likeness (QED) is 0.475. The minimum atomic E-state index is -0.533. The monoisotopic (exact) mass is 467 g/mol. The molecule has 5 rings (SSSR count). The molecule has 0 saturated heterocycles. The van der Waals surface area contributed by atoms with Crippen molar-refractivity contribution < 1.29 is 19.1 Å². The van der Waals surface area contributed by atoms with Crippen LogP contribution in [0.25, 0.3) is 0 Å². The van der Waals surface area contributed by atoms with Crippen molar-refractivity contribution in [2.24, 2.45) is 57.2 Å². The highest BCUT2D eigenvalue weighted by molar-refractivity contribution is 5.87. The number of ketones is 2. The SMILES string of the molecule is COC(=O)C12CCC3C(C(=O)CC4C5(C)CC(C#N)C(=O)CC5CCC34C)C1CC(C)(C)CC2. The molecular formula is C29H41NO4. The third-order valence-electron chi connectivity index (χ3n) is 11.9. The van der Waals surface area contributed by atoms with Gasteiger partial charge in [-0.05, 0) is 91.3 Å². The number of hydrogen-bond donors (Lipinski definition) is 0. The minimum Gasteiger partial charge on any atom is -0.469 e. The summed E-state index contributed by atoms with van der Waals surface area (Å²) in [5.74, 6) is 0.514. The van der Waals surface area contributed by atoms with Gasteiger partial charge >= 0.3 is 5.97 Å². The van der Waals surface area contributed by atoms with E-state index in [1.807, 2.05) is 0 Å². The molecule has 0 N–H and O–H groups in total. The van der Waals surface area contributed by atoms with Gasteiger partial charge in [-0.3, -0.25) is 14.4 Å². The van der Waals surface area contributed by atoms with E-state index in [4.69, 9.17) is 4.74 Å². The number of rotatable bonds is 1. The molecule has 0 aromatic heterocycles. The first-order chi connectivity index (χ1) is 15.9. The van der Waals surface area contributed by atoms with Crippen LogP contribution in [0, 0.1) is 68.5 Å². The summed E-state index contributed by atoms with van der Waals surface area (Å²) >= 11 is 0. The van der Waals surface area contributed by atoms with Gasteiger partial charge < -0.3 is 4.74 Å². The van der Waals surface area contributed by atoms with Crippen molar-refractivity contribution in [3.05, 3.63) is 0 Å². The van der Waals surface area contributed by atoms with Gasteiger partial charge in [-0.2, -0.15) is 5.26 Å². The Balaban J connectivity index is 1.54. The van der Waals surface area contributed by atoms with E-state index < -0.39 is 11.3 Å². The standard InChI is InChI=1S/C29H41NO4/c1-26(2)10-11-29(25(33)34-5)9-7-19-24(20(29)15-26)22(32)13-23-27(19,3)8-6-18-12-21(31)17(16-30)14-28(18,23)4/h17-20,23-24H,6-15H2,1-5H3. The van der Waals surface area contributed by atoms with Crippen LogP contribution in [0.5, 0.6) is 0 Å². The molecular weight excluding hydrogens is 426 g/mol. The van der Waals surface area contributed by atoms with Gasteiger partial charge in [-0.25, -0.2) is 0 Å². The smallest absolute Gasteiger partial charge is 0.312 e. The molecule has 0 aliphatic heterocycles. The highest BCUT2D eigenvalue weighted by Crippen LogP contribution is 2.71. The third kappa shape index (κ3) is 3.12. The topological polar surface area (TPSA) is 84.2 Å². The molecule has 34 heavy (non-hydrogen) atoms. The van der Waals surface area contributed by atoms with Gasteiger partial charge in [-0.15, -0.1) is 0 Å². The average molecular weight is 468 g/mol. The van der Waals surface area contributed by atoms with E-state index in [0.717, 1.165) is 44.9 Å². The van der Waals surface area contributed by atoms with Crippen LogP contribution in [0.2, 0.25) is 0 Å². The Morgan fingerprint density at radius 1 is 0.912 bits per heavy atom. The van der Waals surface area contributed by atoms with Crippen LogP contribution in [-0.2, 0) is 19.1 Å². The second-order valence-electron chi connectivity index (χ2n) is 13.8. The normalized spacial score (nSPS) is 49.5. The van der Waals surface area contributed by atoms with E-state index >= 15 is 0 Å². The fraction of sp³-hybridized carbons (Fsp3) is 0.862. The van der Waals surface area contributed by atoms with Crippen molar-refractivity contribution in [2.45, 2.75) is 91.9 Å². The van der Waals surface area contributed by atoms with E-state index in [0.29, 0.717) is 25.0 Å². The number of nitrogens with zero attached hydrogens (tertiary/aromatic N) is 1. The molecule has 0 bridgehead atoms. The first-order valence-electron chi connectivity index (χ1n) is 13.5. The van der Waals surface area contributed by atoms with Crippen LogP contribution in [-0.4, -0.2) is 24.6 Å². The average Bonchev–Trinajstić information content (AvgIpc) is 2.79. The molecule has 9 unspecified atom stereocenters. The van der Waals surface area contributed by atoms with E-state index in [1.54, 1.807) is 0 Å². The Morgan fingerprint density at radius 3 is 2.32 bits per heavy atom. The van der Waals surface area contributed by atoms with Crippen molar-refractivity contribution >= 4 is 17.5 Å². The first-order valence-corrected chi connectivity index (χ1v) is 13.5. The fourth-order valence-electron chi connectivity index (χ4n) is 10.0. The van der Waals surface area contributed by atoms with Gasteiger partial charge in [0.05, 0.1) is 18.6 Å². The van der Waals surface area contributed by atoms with Gasteiger partial charge in [0, 0.05) is 18.8 Å². The van der Waals surface area contributed by atoms with E-state index in [9.17, 15) is 19.6 Å². The lowest BCUT2D eigenvalue weighted by atomic mass is 9.36. The predicted molar refractivity (Wildman–Crippen MR) is 127 cm³/mol. The van der Waals surface area contributed by atoms with Gasteiger partial charge in [0.2, 0.25) is 0 Å². The van der Waals surface area contributed by atoms with Crippen molar-refractivity contribution in [3.8, 4) is 6.07 Å². The predicted octanol–water partition coefficient (Wildman–Crippen LogP) is 5.51. The molecule has 0 aromatic carbocycles. The summed E-state index contributed by atoms with van der Waals surface area (Å²) in [6.07, 6.45) is 8.10. The number of carbonyl (C=O) groups excluding carboxylic acids is 3. The number of hydrogen-bond acceptors (Lipinski definition) is 5. The number of carbonyl (C=O) groups is 3. The summed E-state index contributed by atoms with van der Waals surface area (Å²) in [4.78, 5) is 39.9. The lowest BCUT2D eigenvalue weighted by Crippen LogP contribution is -2.64. The summed E-state index contributed by atoms with van der Waals surface area (Å²) in [6, 6.07) is 2.27. The highest BCUT2D eigenvalue weighted by atomic mass is 16.5. The van der Waals surface area contributed by atoms with Gasteiger partial charge in [0.15, 0.2) is 0 Å². The van der Waals surface area contributed by atoms with E-state index in [2.05, 4.69) is 33.8 Å². The zero-order chi connectivity index (χ0) is 24.7.